The van der Waals surface area contributed by atoms with Gasteiger partial charge in [-0.3, -0.25) is 9.78 Å². The molecule has 2 aliphatic heterocycles. The van der Waals surface area contributed by atoms with Crippen LogP contribution in [0.5, 0.6) is 0 Å². The van der Waals surface area contributed by atoms with Gasteiger partial charge in [-0.25, -0.2) is 8.42 Å². The van der Waals surface area contributed by atoms with E-state index in [-0.39, 0.29) is 29.2 Å². The monoisotopic (exact) mass is 437 g/mol. The molecule has 2 atom stereocenters. The molecule has 7 heteroatoms. The van der Waals surface area contributed by atoms with Gasteiger partial charge < -0.3 is 9.88 Å². The summed E-state index contributed by atoms with van der Waals surface area (Å²) in [5, 5.41) is 1.19. The highest BCUT2D eigenvalue weighted by molar-refractivity contribution is 7.91. The Kier molecular flexibility index (Phi) is 5.08. The zero-order chi connectivity index (χ0) is 21.6. The second-order valence-corrected chi connectivity index (χ2v) is 11.2. The summed E-state index contributed by atoms with van der Waals surface area (Å²) in [5.74, 6) is -0.0571. The van der Waals surface area contributed by atoms with E-state index in [1.54, 1.807) is 0 Å². The summed E-state index contributed by atoms with van der Waals surface area (Å²) in [5.41, 5.74) is 5.76. The molecule has 162 valence electrons. The van der Waals surface area contributed by atoms with Crippen LogP contribution >= 0.6 is 0 Å². The fraction of sp³-hybridized carbons (Fsp3) is 0.417. The summed E-state index contributed by atoms with van der Waals surface area (Å²) in [6, 6.07) is 10.5. The SMILES string of the molecule is Cc1ccc2[nH]c([C@H]3CCCN(C(=O)[C@@H]4CCS(=O)(=O)C4)C3)c(-c3ccncc3)c2c1. The predicted octanol–water partition coefficient (Wildman–Crippen LogP) is 3.68. The molecule has 4 heterocycles. The predicted molar refractivity (Wildman–Crippen MR) is 122 cm³/mol. The van der Waals surface area contributed by atoms with Gasteiger partial charge in [0.05, 0.1) is 17.4 Å². The van der Waals surface area contributed by atoms with Gasteiger partial charge >= 0.3 is 0 Å². The number of hydrogen-bond acceptors (Lipinski definition) is 4. The minimum absolute atomic E-state index is 0.000923. The van der Waals surface area contributed by atoms with Crippen LogP contribution in [0.15, 0.2) is 42.7 Å². The van der Waals surface area contributed by atoms with Crippen molar-refractivity contribution in [1.82, 2.24) is 14.9 Å². The first kappa shape index (κ1) is 20.2. The standard InChI is InChI=1S/C24H27N3O3S/c1-16-4-5-21-20(13-16)22(17-6-9-25-10-7-17)23(26-21)18-3-2-11-27(14-18)24(28)19-8-12-31(29,30)15-19/h4-7,9-10,13,18-19,26H,2-3,8,11-12,14-15H2,1H3/t18-,19+/m0/s1. The van der Waals surface area contributed by atoms with E-state index in [9.17, 15) is 13.2 Å². The molecule has 3 aromatic rings. The van der Waals surface area contributed by atoms with E-state index < -0.39 is 9.84 Å². The van der Waals surface area contributed by atoms with Gasteiger partial charge in [0.1, 0.15) is 0 Å². The van der Waals surface area contributed by atoms with Gasteiger partial charge in [-0.05, 0) is 56.0 Å². The lowest BCUT2D eigenvalue weighted by atomic mass is 9.89. The van der Waals surface area contributed by atoms with Gasteiger partial charge in [-0.1, -0.05) is 11.6 Å². The summed E-state index contributed by atoms with van der Waals surface area (Å²) < 4.78 is 23.7. The summed E-state index contributed by atoms with van der Waals surface area (Å²) in [6.45, 7) is 3.42. The molecule has 0 aliphatic carbocycles. The quantitative estimate of drug-likeness (QED) is 0.678. The molecule has 0 unspecified atom stereocenters. The van der Waals surface area contributed by atoms with Crippen molar-refractivity contribution >= 4 is 26.6 Å². The Morgan fingerprint density at radius 3 is 2.71 bits per heavy atom. The Hall–Kier alpha value is -2.67. The summed E-state index contributed by atoms with van der Waals surface area (Å²) >= 11 is 0. The number of rotatable bonds is 3. The van der Waals surface area contributed by atoms with Gasteiger partial charge in [0.2, 0.25) is 5.91 Å². The molecule has 6 nitrogen and oxygen atoms in total. The number of pyridine rings is 1. The van der Waals surface area contributed by atoms with E-state index in [2.05, 4.69) is 35.1 Å². The Balaban J connectivity index is 1.50. The van der Waals surface area contributed by atoms with Crippen LogP contribution in [0.1, 0.15) is 36.4 Å². The van der Waals surface area contributed by atoms with Crippen molar-refractivity contribution in [2.45, 2.75) is 32.1 Å². The van der Waals surface area contributed by atoms with Crippen molar-refractivity contribution in [2.75, 3.05) is 24.6 Å². The lowest BCUT2D eigenvalue weighted by Crippen LogP contribution is -2.42. The van der Waals surface area contributed by atoms with Crippen molar-refractivity contribution in [3.05, 3.63) is 54.0 Å². The highest BCUT2D eigenvalue weighted by Gasteiger charge is 2.37. The molecular formula is C24H27N3O3S. The fourth-order valence-corrected chi connectivity index (χ4v) is 6.86. The molecule has 0 bridgehead atoms. The summed E-state index contributed by atoms with van der Waals surface area (Å²) in [6.07, 6.45) is 5.99. The summed E-state index contributed by atoms with van der Waals surface area (Å²) in [7, 11) is -3.07. The van der Waals surface area contributed by atoms with Gasteiger partial charge in [0, 0.05) is 53.6 Å². The number of nitrogens with one attached hydrogen (secondary N) is 1. The van der Waals surface area contributed by atoms with Crippen molar-refractivity contribution < 1.29 is 13.2 Å². The van der Waals surface area contributed by atoms with Crippen LogP contribution in [0, 0.1) is 12.8 Å². The van der Waals surface area contributed by atoms with E-state index in [1.165, 1.54) is 16.5 Å². The highest BCUT2D eigenvalue weighted by atomic mass is 32.2. The number of nitrogens with zero attached hydrogens (tertiary/aromatic N) is 2. The van der Waals surface area contributed by atoms with Gasteiger partial charge in [-0.15, -0.1) is 0 Å². The second kappa shape index (κ2) is 7.79. The molecule has 2 aromatic heterocycles. The first-order chi connectivity index (χ1) is 14.9. The van der Waals surface area contributed by atoms with Gasteiger partial charge in [0.25, 0.3) is 0 Å². The molecule has 0 radical (unpaired) electrons. The Morgan fingerprint density at radius 1 is 1.16 bits per heavy atom. The average Bonchev–Trinajstić information content (AvgIpc) is 3.33. The number of aryl methyl sites for hydroxylation is 1. The molecule has 5 rings (SSSR count). The third-order valence-electron chi connectivity index (χ3n) is 6.68. The summed E-state index contributed by atoms with van der Waals surface area (Å²) in [4.78, 5) is 22.8. The zero-order valence-corrected chi connectivity index (χ0v) is 18.5. The van der Waals surface area contributed by atoms with Crippen molar-refractivity contribution in [2.24, 2.45) is 5.92 Å². The van der Waals surface area contributed by atoms with Crippen LogP contribution in [0.2, 0.25) is 0 Å². The number of aromatic nitrogens is 2. The van der Waals surface area contributed by atoms with E-state index in [0.717, 1.165) is 29.6 Å². The van der Waals surface area contributed by atoms with Crippen LogP contribution in [0.3, 0.4) is 0 Å². The Bertz CT molecular complexity index is 1230. The number of piperidine rings is 1. The van der Waals surface area contributed by atoms with Crippen molar-refractivity contribution in [3.63, 3.8) is 0 Å². The minimum Gasteiger partial charge on any atom is -0.358 e. The van der Waals surface area contributed by atoms with Crippen LogP contribution in [0.25, 0.3) is 22.0 Å². The van der Waals surface area contributed by atoms with Gasteiger partial charge in [-0.2, -0.15) is 0 Å². The van der Waals surface area contributed by atoms with Crippen LogP contribution in [-0.4, -0.2) is 53.8 Å². The first-order valence-corrected chi connectivity index (χ1v) is 12.8. The normalized spacial score (nSPS) is 23.3. The number of carbonyl (C=O) groups excluding carboxylic acids is 1. The Morgan fingerprint density at radius 2 is 1.97 bits per heavy atom. The minimum atomic E-state index is -3.07. The van der Waals surface area contributed by atoms with Crippen molar-refractivity contribution in [1.29, 1.82) is 0 Å². The Labute approximate surface area is 182 Å². The molecule has 0 spiro atoms. The molecule has 1 aromatic carbocycles. The number of fused-ring (bicyclic) bond motifs is 1. The molecular weight excluding hydrogens is 410 g/mol. The second-order valence-electron chi connectivity index (χ2n) is 8.92. The third kappa shape index (κ3) is 3.87. The maximum atomic E-state index is 13.1. The number of benzene rings is 1. The van der Waals surface area contributed by atoms with Crippen LogP contribution in [0.4, 0.5) is 0 Å². The molecule has 2 aliphatic rings. The number of carbonyl (C=O) groups is 1. The molecule has 31 heavy (non-hydrogen) atoms. The number of sulfone groups is 1. The number of aromatic amines is 1. The number of likely N-dealkylation sites (tertiary alicyclic amines) is 1. The third-order valence-corrected chi connectivity index (χ3v) is 8.44. The number of amides is 1. The van der Waals surface area contributed by atoms with Crippen molar-refractivity contribution in [3.8, 4) is 11.1 Å². The number of H-pyrrole nitrogens is 1. The largest absolute Gasteiger partial charge is 0.358 e. The molecule has 0 saturated carbocycles. The topological polar surface area (TPSA) is 83.1 Å². The smallest absolute Gasteiger partial charge is 0.226 e. The molecule has 2 saturated heterocycles. The average molecular weight is 438 g/mol. The van der Waals surface area contributed by atoms with Crippen LogP contribution < -0.4 is 0 Å². The lowest BCUT2D eigenvalue weighted by molar-refractivity contribution is -0.136. The molecule has 1 amide bonds. The van der Waals surface area contributed by atoms with Crippen LogP contribution in [-0.2, 0) is 14.6 Å². The maximum Gasteiger partial charge on any atom is 0.226 e. The first-order valence-electron chi connectivity index (χ1n) is 10.9. The van der Waals surface area contributed by atoms with Gasteiger partial charge in [0.15, 0.2) is 9.84 Å². The molecule has 1 N–H and O–H groups in total. The van der Waals surface area contributed by atoms with E-state index in [4.69, 9.17) is 0 Å². The maximum absolute atomic E-state index is 13.1. The van der Waals surface area contributed by atoms with E-state index >= 15 is 0 Å². The lowest BCUT2D eigenvalue weighted by Gasteiger charge is -2.34. The fourth-order valence-electron chi connectivity index (χ4n) is 5.12. The van der Waals surface area contributed by atoms with E-state index in [0.29, 0.717) is 19.5 Å². The van der Waals surface area contributed by atoms with E-state index in [1.807, 2.05) is 29.4 Å². The number of hydrogen-bond donors (Lipinski definition) is 1. The highest BCUT2D eigenvalue weighted by Crippen LogP contribution is 2.40. The molecule has 2 fully saturated rings. The zero-order valence-electron chi connectivity index (χ0n) is 17.7.